The highest BCUT2D eigenvalue weighted by molar-refractivity contribution is 7.47. The summed E-state index contributed by atoms with van der Waals surface area (Å²) in [4.78, 5) is 72.6. The van der Waals surface area contributed by atoms with E-state index in [1.165, 1.54) is 173 Å². The average Bonchev–Trinajstić information content (AvgIpc) is 1.58. The van der Waals surface area contributed by atoms with Crippen LogP contribution in [0.5, 0.6) is 0 Å². The first-order chi connectivity index (χ1) is 44.2. The van der Waals surface area contributed by atoms with Crippen molar-refractivity contribution in [2.45, 2.75) is 388 Å². The lowest BCUT2D eigenvalue weighted by Crippen LogP contribution is -2.30. The van der Waals surface area contributed by atoms with Crippen LogP contribution in [-0.2, 0) is 65.4 Å². The fourth-order valence-electron chi connectivity index (χ4n) is 11.1. The molecule has 0 fully saturated rings. The molecule has 3 N–H and O–H groups in total. The van der Waals surface area contributed by atoms with Crippen molar-refractivity contribution < 1.29 is 80.2 Å². The lowest BCUT2D eigenvalue weighted by atomic mass is 10.0. The number of hydrogen-bond donors (Lipinski definition) is 3. The largest absolute Gasteiger partial charge is 0.472 e. The Morgan fingerprint density at radius 1 is 0.293 bits per heavy atom. The summed E-state index contributed by atoms with van der Waals surface area (Å²) in [6.07, 6.45) is 48.9. The normalized spacial score (nSPS) is 14.1. The number of hydrogen-bond acceptors (Lipinski definition) is 15. The SMILES string of the molecule is CCCCCCCCCCCCCCCCCCCCCCC(=O)O[C@H](COC(=O)CCCCCCCCCCC(C)C)COP(=O)(O)OC[C@@H](O)COP(=O)(O)OC[C@@H](COC(=O)CCCCCCCCCC(C)C)OC(=O)CCCCCCCCCCC(C)C. The van der Waals surface area contributed by atoms with E-state index in [4.69, 9.17) is 37.0 Å². The second-order valence-corrected chi connectivity index (χ2v) is 30.7. The first kappa shape index (κ1) is 90.1. The van der Waals surface area contributed by atoms with Crippen LogP contribution in [0.3, 0.4) is 0 Å². The number of phosphoric acid groups is 2. The maximum atomic E-state index is 13.0. The summed E-state index contributed by atoms with van der Waals surface area (Å²) in [5.41, 5.74) is 0. The highest BCUT2D eigenvalue weighted by Gasteiger charge is 2.30. The summed E-state index contributed by atoms with van der Waals surface area (Å²) >= 11 is 0. The van der Waals surface area contributed by atoms with Gasteiger partial charge in [0.15, 0.2) is 12.2 Å². The van der Waals surface area contributed by atoms with E-state index in [0.29, 0.717) is 31.6 Å². The van der Waals surface area contributed by atoms with Gasteiger partial charge < -0.3 is 33.8 Å². The number of aliphatic hydroxyl groups is 1. The molecule has 0 aliphatic rings. The Bertz CT molecular complexity index is 1800. The number of aliphatic hydroxyl groups excluding tert-OH is 1. The van der Waals surface area contributed by atoms with Crippen LogP contribution in [0, 0.1) is 17.8 Å². The van der Waals surface area contributed by atoms with E-state index in [1.807, 2.05) is 0 Å². The Morgan fingerprint density at radius 3 is 0.739 bits per heavy atom. The third-order valence-electron chi connectivity index (χ3n) is 16.9. The lowest BCUT2D eigenvalue weighted by molar-refractivity contribution is -0.161. The highest BCUT2D eigenvalue weighted by atomic mass is 31.2. The predicted octanol–water partition coefficient (Wildman–Crippen LogP) is 21.0. The molecule has 2 unspecified atom stereocenters. The van der Waals surface area contributed by atoms with Gasteiger partial charge >= 0.3 is 39.5 Å². The van der Waals surface area contributed by atoms with E-state index in [0.717, 1.165) is 108 Å². The summed E-state index contributed by atoms with van der Waals surface area (Å²) in [6, 6.07) is 0. The molecular weight excluding hydrogens is 1210 g/mol. The molecule has 0 aromatic heterocycles. The summed E-state index contributed by atoms with van der Waals surface area (Å²) < 4.78 is 68.3. The van der Waals surface area contributed by atoms with Crippen molar-refractivity contribution in [1.82, 2.24) is 0 Å². The van der Waals surface area contributed by atoms with Crippen molar-refractivity contribution in [1.29, 1.82) is 0 Å². The van der Waals surface area contributed by atoms with Gasteiger partial charge in [-0.05, 0) is 43.4 Å². The van der Waals surface area contributed by atoms with E-state index in [9.17, 15) is 43.2 Å². The summed E-state index contributed by atoms with van der Waals surface area (Å²) in [5, 5.41) is 10.6. The van der Waals surface area contributed by atoms with Gasteiger partial charge in [-0.3, -0.25) is 37.3 Å². The van der Waals surface area contributed by atoms with E-state index in [1.54, 1.807) is 0 Å². The molecule has 5 atom stereocenters. The summed E-state index contributed by atoms with van der Waals surface area (Å²) in [5.74, 6) is 0.0226. The van der Waals surface area contributed by atoms with E-state index < -0.39 is 97.5 Å². The molecule has 0 saturated carbocycles. The zero-order valence-corrected chi connectivity index (χ0v) is 61.8. The molecule has 17 nitrogen and oxygen atoms in total. The van der Waals surface area contributed by atoms with Crippen molar-refractivity contribution >= 4 is 39.5 Å². The van der Waals surface area contributed by atoms with Gasteiger partial charge in [-0.25, -0.2) is 9.13 Å². The predicted molar refractivity (Wildman–Crippen MR) is 372 cm³/mol. The number of carbonyl (C=O) groups is 4. The van der Waals surface area contributed by atoms with Gasteiger partial charge in [-0.15, -0.1) is 0 Å². The Morgan fingerprint density at radius 2 is 0.500 bits per heavy atom. The molecule has 0 radical (unpaired) electrons. The maximum Gasteiger partial charge on any atom is 0.472 e. The number of phosphoric ester groups is 2. The minimum absolute atomic E-state index is 0.103. The van der Waals surface area contributed by atoms with Gasteiger partial charge in [-0.1, -0.05) is 318 Å². The van der Waals surface area contributed by atoms with Crippen LogP contribution in [0.1, 0.15) is 370 Å². The topological polar surface area (TPSA) is 237 Å². The second kappa shape index (κ2) is 63.8. The first-order valence-corrected chi connectivity index (χ1v) is 40.8. The smallest absolute Gasteiger partial charge is 0.462 e. The molecule has 92 heavy (non-hydrogen) atoms. The minimum atomic E-state index is -4.95. The van der Waals surface area contributed by atoms with E-state index >= 15 is 0 Å². The lowest BCUT2D eigenvalue weighted by Gasteiger charge is -2.21. The first-order valence-electron chi connectivity index (χ1n) is 37.8. The van der Waals surface area contributed by atoms with Crippen LogP contribution >= 0.6 is 15.6 Å². The Hall–Kier alpha value is -1.94. The number of carbonyl (C=O) groups excluding carboxylic acids is 4. The zero-order chi connectivity index (χ0) is 68.0. The molecule has 0 heterocycles. The maximum absolute atomic E-state index is 13.0. The van der Waals surface area contributed by atoms with Gasteiger partial charge in [0.2, 0.25) is 0 Å². The molecule has 0 rings (SSSR count). The Kier molecular flexibility index (Phi) is 62.4. The van der Waals surface area contributed by atoms with Gasteiger partial charge in [-0.2, -0.15) is 0 Å². The van der Waals surface area contributed by atoms with Crippen molar-refractivity contribution in [3.8, 4) is 0 Å². The second-order valence-electron chi connectivity index (χ2n) is 27.8. The molecule has 0 aromatic carbocycles. The Balaban J connectivity index is 5.19. The third kappa shape index (κ3) is 66.7. The minimum Gasteiger partial charge on any atom is -0.462 e. The van der Waals surface area contributed by atoms with Gasteiger partial charge in [0.1, 0.15) is 19.3 Å². The van der Waals surface area contributed by atoms with Gasteiger partial charge in [0.25, 0.3) is 0 Å². The van der Waals surface area contributed by atoms with Gasteiger partial charge in [0.05, 0.1) is 26.4 Å². The molecule has 0 spiro atoms. The molecule has 546 valence electrons. The van der Waals surface area contributed by atoms with Crippen molar-refractivity contribution in [2.75, 3.05) is 39.6 Å². The molecule has 0 aliphatic carbocycles. The fraction of sp³-hybridized carbons (Fsp3) is 0.945. The standard InChI is InChI=1S/C73H142O17P2/c1-8-9-10-11-12-13-14-15-16-17-18-19-20-21-22-23-24-34-42-49-56-72(77)89-68(60-83-70(75)54-47-40-33-27-25-30-37-44-51-64(2)3)62-87-91(79,80)85-58-67(74)59-86-92(81,82)88-63-69(61-84-71(76)55-48-41-36-29-32-39-46-53-66(6)7)90-73(78)57-50-43-35-28-26-31-38-45-52-65(4)5/h64-69,74H,8-63H2,1-7H3,(H,79,80)(H,81,82)/t67-,68-,69-/m1/s1. The number of esters is 4. The molecular formula is C73H142O17P2. The van der Waals surface area contributed by atoms with Crippen LogP contribution in [0.15, 0.2) is 0 Å². The summed E-state index contributed by atoms with van der Waals surface area (Å²) in [6.45, 7) is 11.7. The number of ether oxygens (including phenoxy) is 4. The molecule has 0 amide bonds. The third-order valence-corrected chi connectivity index (χ3v) is 18.8. The monoisotopic (exact) mass is 1350 g/mol. The molecule has 0 aromatic rings. The summed E-state index contributed by atoms with van der Waals surface area (Å²) in [7, 11) is -9.90. The van der Waals surface area contributed by atoms with Crippen LogP contribution in [0.25, 0.3) is 0 Å². The van der Waals surface area contributed by atoms with Crippen LogP contribution < -0.4 is 0 Å². The van der Waals surface area contributed by atoms with Crippen LogP contribution in [-0.4, -0.2) is 96.7 Å². The van der Waals surface area contributed by atoms with Gasteiger partial charge in [0, 0.05) is 25.7 Å². The molecule has 19 heteroatoms. The quantitative estimate of drug-likeness (QED) is 0.0222. The van der Waals surface area contributed by atoms with E-state index in [-0.39, 0.29) is 25.7 Å². The zero-order valence-electron chi connectivity index (χ0n) is 60.0. The average molecular weight is 1350 g/mol. The van der Waals surface area contributed by atoms with Crippen molar-refractivity contribution in [3.63, 3.8) is 0 Å². The van der Waals surface area contributed by atoms with Crippen molar-refractivity contribution in [3.05, 3.63) is 0 Å². The molecule has 0 aliphatic heterocycles. The van der Waals surface area contributed by atoms with E-state index in [2.05, 4.69) is 48.5 Å². The number of unbranched alkanes of at least 4 members (excludes halogenated alkanes) is 39. The van der Waals surface area contributed by atoms with Crippen LogP contribution in [0.4, 0.5) is 0 Å². The molecule has 0 saturated heterocycles. The number of rotatable bonds is 71. The Labute approximate surface area is 562 Å². The van der Waals surface area contributed by atoms with Crippen LogP contribution in [0.2, 0.25) is 0 Å². The highest BCUT2D eigenvalue weighted by Crippen LogP contribution is 2.45. The molecule has 0 bridgehead atoms. The fourth-order valence-corrected chi connectivity index (χ4v) is 12.7. The van der Waals surface area contributed by atoms with Crippen molar-refractivity contribution in [2.24, 2.45) is 17.8 Å².